The van der Waals surface area contributed by atoms with Crippen LogP contribution in [-0.2, 0) is 4.79 Å². The van der Waals surface area contributed by atoms with Crippen LogP contribution in [0.15, 0.2) is 0 Å². The van der Waals surface area contributed by atoms with Gasteiger partial charge in [-0.1, -0.05) is 6.92 Å². The van der Waals surface area contributed by atoms with Crippen LogP contribution in [0.1, 0.15) is 33.1 Å². The molecule has 3 heteroatoms. The van der Waals surface area contributed by atoms with Gasteiger partial charge in [-0.05, 0) is 32.4 Å². The monoisotopic (exact) mass is 210 g/mol. The molecule has 0 radical (unpaired) electrons. The van der Waals surface area contributed by atoms with E-state index in [0.29, 0.717) is 5.41 Å². The van der Waals surface area contributed by atoms with Gasteiger partial charge in [0.15, 0.2) is 0 Å². The Morgan fingerprint density at radius 3 is 2.60 bits per heavy atom. The predicted molar refractivity (Wildman–Crippen MR) is 60.7 cm³/mol. The zero-order valence-corrected chi connectivity index (χ0v) is 9.96. The molecule has 0 aromatic rings. The third-order valence-electron chi connectivity index (χ3n) is 3.94. The van der Waals surface area contributed by atoms with Crippen molar-refractivity contribution < 1.29 is 4.79 Å². The molecule has 2 saturated heterocycles. The quantitative estimate of drug-likeness (QED) is 0.686. The molecule has 0 aromatic carbocycles. The second kappa shape index (κ2) is 4.12. The molecule has 1 atom stereocenters. The average Bonchev–Trinajstić information content (AvgIpc) is 2.76. The van der Waals surface area contributed by atoms with Gasteiger partial charge in [-0.3, -0.25) is 4.79 Å². The minimum Gasteiger partial charge on any atom is -0.342 e. The Labute approximate surface area is 92.4 Å². The van der Waals surface area contributed by atoms with E-state index >= 15 is 0 Å². The van der Waals surface area contributed by atoms with Gasteiger partial charge in [-0.2, -0.15) is 0 Å². The minimum atomic E-state index is 0.251. The van der Waals surface area contributed by atoms with Crippen molar-refractivity contribution in [3.8, 4) is 0 Å². The standard InChI is InChI=1S/C12H22N2O/c1-3-6-13-7-4-12(9-13)5-8-14(10-12)11(2)15/h3-10H2,1-2H3. The van der Waals surface area contributed by atoms with E-state index in [9.17, 15) is 4.79 Å². The van der Waals surface area contributed by atoms with Crippen LogP contribution < -0.4 is 0 Å². The molecule has 2 heterocycles. The fourth-order valence-electron chi connectivity index (χ4n) is 3.07. The summed E-state index contributed by atoms with van der Waals surface area (Å²) in [6, 6.07) is 0. The van der Waals surface area contributed by atoms with Crippen LogP contribution >= 0.6 is 0 Å². The molecule has 3 nitrogen and oxygen atoms in total. The summed E-state index contributed by atoms with van der Waals surface area (Å²) in [4.78, 5) is 15.9. The van der Waals surface area contributed by atoms with Gasteiger partial charge < -0.3 is 9.80 Å². The fourth-order valence-corrected chi connectivity index (χ4v) is 3.07. The summed E-state index contributed by atoms with van der Waals surface area (Å²) in [5.74, 6) is 0.251. The predicted octanol–water partition coefficient (Wildman–Crippen LogP) is 1.34. The maximum Gasteiger partial charge on any atom is 0.219 e. The summed E-state index contributed by atoms with van der Waals surface area (Å²) >= 11 is 0. The van der Waals surface area contributed by atoms with Crippen LogP contribution in [0.4, 0.5) is 0 Å². The Morgan fingerprint density at radius 1 is 1.27 bits per heavy atom. The zero-order chi connectivity index (χ0) is 10.9. The molecule has 2 fully saturated rings. The molecule has 0 aromatic heterocycles. The lowest BCUT2D eigenvalue weighted by molar-refractivity contribution is -0.128. The van der Waals surface area contributed by atoms with Crippen molar-refractivity contribution in [3.63, 3.8) is 0 Å². The Balaban J connectivity index is 1.92. The Morgan fingerprint density at radius 2 is 2.00 bits per heavy atom. The van der Waals surface area contributed by atoms with E-state index in [2.05, 4.69) is 11.8 Å². The van der Waals surface area contributed by atoms with Gasteiger partial charge >= 0.3 is 0 Å². The summed E-state index contributed by atoms with van der Waals surface area (Å²) in [6.45, 7) is 9.59. The molecule has 2 aliphatic rings. The maximum absolute atomic E-state index is 11.3. The van der Waals surface area contributed by atoms with Gasteiger partial charge in [-0.25, -0.2) is 0 Å². The molecular weight excluding hydrogens is 188 g/mol. The first-order chi connectivity index (χ1) is 7.15. The number of likely N-dealkylation sites (tertiary alicyclic amines) is 2. The Bertz CT molecular complexity index is 254. The number of rotatable bonds is 2. The highest BCUT2D eigenvalue weighted by Crippen LogP contribution is 2.39. The highest BCUT2D eigenvalue weighted by molar-refractivity contribution is 5.73. The molecule has 0 N–H and O–H groups in total. The summed E-state index contributed by atoms with van der Waals surface area (Å²) < 4.78 is 0. The van der Waals surface area contributed by atoms with Gasteiger partial charge in [-0.15, -0.1) is 0 Å². The fraction of sp³-hybridized carbons (Fsp3) is 0.917. The zero-order valence-electron chi connectivity index (χ0n) is 9.96. The van der Waals surface area contributed by atoms with E-state index in [-0.39, 0.29) is 5.91 Å². The van der Waals surface area contributed by atoms with Crippen molar-refractivity contribution in [2.45, 2.75) is 33.1 Å². The third-order valence-corrected chi connectivity index (χ3v) is 3.94. The van der Waals surface area contributed by atoms with Crippen molar-refractivity contribution in [3.05, 3.63) is 0 Å². The van der Waals surface area contributed by atoms with Crippen molar-refractivity contribution in [2.75, 3.05) is 32.7 Å². The van der Waals surface area contributed by atoms with Gasteiger partial charge in [0, 0.05) is 32.0 Å². The molecule has 2 rings (SSSR count). The van der Waals surface area contributed by atoms with E-state index in [0.717, 1.165) is 13.1 Å². The average molecular weight is 210 g/mol. The number of hydrogen-bond acceptors (Lipinski definition) is 2. The van der Waals surface area contributed by atoms with Crippen molar-refractivity contribution >= 4 is 5.91 Å². The molecule has 1 spiro atoms. The molecule has 2 aliphatic heterocycles. The Hall–Kier alpha value is -0.570. The van der Waals surface area contributed by atoms with Gasteiger partial charge in [0.2, 0.25) is 5.91 Å². The lowest BCUT2D eigenvalue weighted by Crippen LogP contribution is -2.33. The second-order valence-electron chi connectivity index (χ2n) is 5.22. The Kier molecular flexibility index (Phi) is 3.01. The van der Waals surface area contributed by atoms with E-state index in [4.69, 9.17) is 0 Å². The number of amides is 1. The van der Waals surface area contributed by atoms with Crippen LogP contribution in [0.25, 0.3) is 0 Å². The van der Waals surface area contributed by atoms with Crippen LogP contribution in [0.5, 0.6) is 0 Å². The number of nitrogens with zero attached hydrogens (tertiary/aromatic N) is 2. The number of hydrogen-bond donors (Lipinski definition) is 0. The van der Waals surface area contributed by atoms with E-state index in [1.807, 2.05) is 4.90 Å². The lowest BCUT2D eigenvalue weighted by Gasteiger charge is -2.24. The van der Waals surface area contributed by atoms with Gasteiger partial charge in [0.1, 0.15) is 0 Å². The summed E-state index contributed by atoms with van der Waals surface area (Å²) in [7, 11) is 0. The topological polar surface area (TPSA) is 23.6 Å². The first-order valence-electron chi connectivity index (χ1n) is 6.13. The summed E-state index contributed by atoms with van der Waals surface area (Å²) in [6.07, 6.45) is 3.75. The molecule has 0 bridgehead atoms. The molecule has 1 unspecified atom stereocenters. The number of carbonyl (C=O) groups excluding carboxylic acids is 1. The first kappa shape index (κ1) is 10.9. The normalized spacial score (nSPS) is 31.7. The SMILES string of the molecule is CCCN1CCC2(CCN(C(C)=O)C2)C1. The largest absolute Gasteiger partial charge is 0.342 e. The molecule has 0 aliphatic carbocycles. The molecular formula is C12H22N2O. The van der Waals surface area contributed by atoms with Crippen LogP contribution in [0.2, 0.25) is 0 Å². The maximum atomic E-state index is 11.3. The highest BCUT2D eigenvalue weighted by Gasteiger charge is 2.43. The molecule has 1 amide bonds. The summed E-state index contributed by atoms with van der Waals surface area (Å²) in [5, 5.41) is 0. The first-order valence-corrected chi connectivity index (χ1v) is 6.13. The molecule has 15 heavy (non-hydrogen) atoms. The molecule has 86 valence electrons. The van der Waals surface area contributed by atoms with Crippen molar-refractivity contribution in [2.24, 2.45) is 5.41 Å². The minimum absolute atomic E-state index is 0.251. The van der Waals surface area contributed by atoms with Crippen LogP contribution in [0, 0.1) is 5.41 Å². The second-order valence-corrected chi connectivity index (χ2v) is 5.22. The third kappa shape index (κ3) is 2.17. The smallest absolute Gasteiger partial charge is 0.219 e. The van der Waals surface area contributed by atoms with Crippen LogP contribution in [-0.4, -0.2) is 48.4 Å². The highest BCUT2D eigenvalue weighted by atomic mass is 16.2. The van der Waals surface area contributed by atoms with Crippen LogP contribution in [0.3, 0.4) is 0 Å². The van der Waals surface area contributed by atoms with E-state index < -0.39 is 0 Å². The van der Waals surface area contributed by atoms with E-state index in [1.165, 1.54) is 38.9 Å². The van der Waals surface area contributed by atoms with Gasteiger partial charge in [0.25, 0.3) is 0 Å². The van der Waals surface area contributed by atoms with Gasteiger partial charge in [0.05, 0.1) is 0 Å². The lowest BCUT2D eigenvalue weighted by atomic mass is 9.86. The molecule has 0 saturated carbocycles. The van der Waals surface area contributed by atoms with E-state index in [1.54, 1.807) is 6.92 Å². The number of carbonyl (C=O) groups is 1. The van der Waals surface area contributed by atoms with Crippen molar-refractivity contribution in [1.82, 2.24) is 9.80 Å². The van der Waals surface area contributed by atoms with Crippen molar-refractivity contribution in [1.29, 1.82) is 0 Å². The summed E-state index contributed by atoms with van der Waals surface area (Å²) in [5.41, 5.74) is 0.445.